The van der Waals surface area contributed by atoms with Crippen molar-refractivity contribution in [1.29, 1.82) is 0 Å². The van der Waals surface area contributed by atoms with E-state index in [-0.39, 0.29) is 38.7 Å². The number of fused-ring (bicyclic) bond motifs is 1. The summed E-state index contributed by atoms with van der Waals surface area (Å²) >= 11 is 1.19. The molecule has 1 aliphatic rings. The van der Waals surface area contributed by atoms with Gasteiger partial charge in [0.15, 0.2) is 5.71 Å². The molecule has 5 aromatic rings. The number of amides is 1. The van der Waals surface area contributed by atoms with Crippen molar-refractivity contribution in [3.05, 3.63) is 108 Å². The first-order chi connectivity index (χ1) is 20.3. The number of aromatic amines is 2. The van der Waals surface area contributed by atoms with E-state index >= 15 is 0 Å². The van der Waals surface area contributed by atoms with Crippen LogP contribution in [0.25, 0.3) is 22.0 Å². The molecule has 0 saturated heterocycles. The Bertz CT molecular complexity index is 2040. The first kappa shape index (κ1) is 26.3. The SMILES string of the molecule is COc1ccc(-c2csc(N3N=C(c4ccc([N+](=O)[O-])cc4)/C(=N/Nc4cccc5c(=O)[nH][nH]c(=O)c45)C3=O)n2)cc1. The highest BCUT2D eigenvalue weighted by Crippen LogP contribution is 2.31. The molecule has 0 atom stereocenters. The number of ether oxygens (including phenoxy) is 1. The molecular weight excluding hydrogens is 564 g/mol. The second-order valence-corrected chi connectivity index (χ2v) is 9.66. The highest BCUT2D eigenvalue weighted by atomic mass is 32.1. The predicted octanol–water partition coefficient (Wildman–Crippen LogP) is 3.48. The number of hydrogen-bond acceptors (Lipinski definition) is 11. The summed E-state index contributed by atoms with van der Waals surface area (Å²) in [6.45, 7) is 0. The predicted molar refractivity (Wildman–Crippen MR) is 157 cm³/mol. The molecule has 3 N–H and O–H groups in total. The number of aromatic nitrogens is 3. The third-order valence-electron chi connectivity index (χ3n) is 6.34. The number of rotatable bonds is 7. The van der Waals surface area contributed by atoms with Gasteiger partial charge in [-0.2, -0.15) is 15.2 Å². The van der Waals surface area contributed by atoms with Gasteiger partial charge >= 0.3 is 5.91 Å². The van der Waals surface area contributed by atoms with E-state index in [1.807, 2.05) is 12.1 Å². The van der Waals surface area contributed by atoms with E-state index in [9.17, 15) is 24.5 Å². The molecule has 0 aliphatic carbocycles. The minimum absolute atomic E-state index is 0.0470. The van der Waals surface area contributed by atoms with Crippen LogP contribution >= 0.6 is 11.3 Å². The van der Waals surface area contributed by atoms with Gasteiger partial charge in [0.05, 0.1) is 34.2 Å². The van der Waals surface area contributed by atoms with Crippen molar-refractivity contribution in [1.82, 2.24) is 15.2 Å². The minimum Gasteiger partial charge on any atom is -0.497 e. The molecule has 3 aromatic carbocycles. The molecule has 3 heterocycles. The van der Waals surface area contributed by atoms with E-state index in [1.165, 1.54) is 47.7 Å². The zero-order chi connectivity index (χ0) is 29.4. The highest BCUT2D eigenvalue weighted by molar-refractivity contribution is 7.14. The van der Waals surface area contributed by atoms with Crippen LogP contribution in [-0.4, -0.2) is 44.5 Å². The molecule has 42 heavy (non-hydrogen) atoms. The molecule has 0 spiro atoms. The van der Waals surface area contributed by atoms with Crippen LogP contribution in [0.4, 0.5) is 16.5 Å². The molecule has 6 rings (SSSR count). The topological polar surface area (TPSA) is 188 Å². The fourth-order valence-electron chi connectivity index (χ4n) is 4.25. The van der Waals surface area contributed by atoms with Gasteiger partial charge < -0.3 is 4.74 Å². The van der Waals surface area contributed by atoms with Crippen molar-refractivity contribution in [3.8, 4) is 17.0 Å². The highest BCUT2D eigenvalue weighted by Gasteiger charge is 2.36. The lowest BCUT2D eigenvalue weighted by molar-refractivity contribution is -0.384. The molecule has 14 nitrogen and oxygen atoms in total. The second-order valence-electron chi connectivity index (χ2n) is 8.82. The average molecular weight is 583 g/mol. The van der Waals surface area contributed by atoms with E-state index in [0.29, 0.717) is 17.0 Å². The average Bonchev–Trinajstić information content (AvgIpc) is 3.62. The molecule has 0 bridgehead atoms. The lowest BCUT2D eigenvalue weighted by atomic mass is 10.1. The van der Waals surface area contributed by atoms with E-state index in [0.717, 1.165) is 10.6 Å². The summed E-state index contributed by atoms with van der Waals surface area (Å²) < 4.78 is 5.20. The maximum absolute atomic E-state index is 13.7. The minimum atomic E-state index is -0.626. The Morgan fingerprint density at radius 3 is 2.40 bits per heavy atom. The number of hydrogen-bond donors (Lipinski definition) is 3. The Morgan fingerprint density at radius 1 is 0.976 bits per heavy atom. The number of benzene rings is 3. The van der Waals surface area contributed by atoms with E-state index in [2.05, 4.69) is 30.8 Å². The normalized spacial score (nSPS) is 13.9. The van der Waals surface area contributed by atoms with Crippen molar-refractivity contribution in [3.63, 3.8) is 0 Å². The number of nitrogens with one attached hydrogen (secondary N) is 3. The van der Waals surface area contributed by atoms with Crippen LogP contribution in [0.15, 0.2) is 91.9 Å². The number of nitrogens with zero attached hydrogens (tertiary/aromatic N) is 5. The summed E-state index contributed by atoms with van der Waals surface area (Å²) in [5.74, 6) is 0.0610. The van der Waals surface area contributed by atoms with Gasteiger partial charge in [-0.05, 0) is 48.5 Å². The lowest BCUT2D eigenvalue weighted by Gasteiger charge is -2.07. The molecule has 1 amide bonds. The monoisotopic (exact) mass is 582 g/mol. The summed E-state index contributed by atoms with van der Waals surface area (Å²) in [4.78, 5) is 53.6. The fourth-order valence-corrected chi connectivity index (χ4v) is 5.04. The van der Waals surface area contributed by atoms with Gasteiger partial charge in [-0.25, -0.2) is 4.98 Å². The van der Waals surface area contributed by atoms with Crippen LogP contribution in [0.5, 0.6) is 5.75 Å². The number of thiazole rings is 1. The van der Waals surface area contributed by atoms with Crippen LogP contribution in [0, 0.1) is 10.1 Å². The Labute approximate surface area is 238 Å². The maximum atomic E-state index is 13.7. The van der Waals surface area contributed by atoms with Gasteiger partial charge in [0, 0.05) is 28.6 Å². The maximum Gasteiger partial charge on any atom is 0.303 e. The number of nitro benzene ring substituents is 1. The smallest absolute Gasteiger partial charge is 0.303 e. The van der Waals surface area contributed by atoms with Gasteiger partial charge in [-0.1, -0.05) is 6.07 Å². The quantitative estimate of drug-likeness (QED) is 0.192. The summed E-state index contributed by atoms with van der Waals surface area (Å²) in [5, 5.41) is 27.8. The van der Waals surface area contributed by atoms with Crippen molar-refractivity contribution < 1.29 is 14.5 Å². The summed E-state index contributed by atoms with van der Waals surface area (Å²) in [7, 11) is 1.57. The lowest BCUT2D eigenvalue weighted by Crippen LogP contribution is -2.29. The van der Waals surface area contributed by atoms with Crippen molar-refractivity contribution in [2.24, 2.45) is 10.2 Å². The van der Waals surface area contributed by atoms with Gasteiger partial charge in [-0.15, -0.1) is 11.3 Å². The summed E-state index contributed by atoms with van der Waals surface area (Å²) in [5.41, 5.74) is 3.48. The van der Waals surface area contributed by atoms with Gasteiger partial charge in [0.2, 0.25) is 5.13 Å². The molecule has 2 aromatic heterocycles. The van der Waals surface area contributed by atoms with Crippen molar-refractivity contribution >= 4 is 55.9 Å². The standard InChI is InChI=1S/C27H18N8O6S/c1-41-17-11-7-14(8-12-17)20-13-42-27(28-20)34-26(38)23(22(33-34)15-5-9-16(10-6-15)35(39)40)30-29-19-4-2-3-18-21(19)25(37)32-31-24(18)36/h2-13,29H,1H3,(H,31,36)(H,32,37)/b30-23-. The number of methoxy groups -OCH3 is 1. The largest absolute Gasteiger partial charge is 0.497 e. The van der Waals surface area contributed by atoms with Gasteiger partial charge in [-0.3, -0.25) is 40.1 Å². The molecule has 15 heteroatoms. The Morgan fingerprint density at radius 2 is 1.69 bits per heavy atom. The molecular formula is C27H18N8O6S. The molecule has 0 radical (unpaired) electrons. The van der Waals surface area contributed by atoms with Crippen molar-refractivity contribution in [2.75, 3.05) is 17.5 Å². The van der Waals surface area contributed by atoms with Crippen LogP contribution < -0.4 is 26.3 Å². The van der Waals surface area contributed by atoms with Gasteiger partial charge in [0.25, 0.3) is 16.8 Å². The number of hydrazone groups is 2. The zero-order valence-corrected chi connectivity index (χ0v) is 22.3. The number of nitro groups is 1. The molecule has 208 valence electrons. The zero-order valence-electron chi connectivity index (χ0n) is 21.5. The molecule has 0 fully saturated rings. The Balaban J connectivity index is 1.40. The number of non-ortho nitro benzene ring substituents is 1. The first-order valence-electron chi connectivity index (χ1n) is 12.2. The third kappa shape index (κ3) is 4.69. The molecule has 1 aliphatic heterocycles. The van der Waals surface area contributed by atoms with E-state index in [4.69, 9.17) is 4.74 Å². The molecule has 0 saturated carbocycles. The van der Waals surface area contributed by atoms with Crippen LogP contribution in [0.3, 0.4) is 0 Å². The number of carbonyl (C=O) groups is 1. The van der Waals surface area contributed by atoms with Gasteiger partial charge in [0.1, 0.15) is 11.5 Å². The van der Waals surface area contributed by atoms with E-state index in [1.54, 1.807) is 30.7 Å². The van der Waals surface area contributed by atoms with Crippen LogP contribution in [0.2, 0.25) is 0 Å². The van der Waals surface area contributed by atoms with E-state index < -0.39 is 21.9 Å². The third-order valence-corrected chi connectivity index (χ3v) is 7.16. The first-order valence-corrected chi connectivity index (χ1v) is 13.1. The Hall–Kier alpha value is -5.96. The Kier molecular flexibility index (Phi) is 6.60. The number of carbonyl (C=O) groups excluding carboxylic acids is 1. The number of anilines is 2. The summed E-state index contributed by atoms with van der Waals surface area (Å²) in [6, 6.07) is 17.3. The van der Waals surface area contributed by atoms with Crippen molar-refractivity contribution in [2.45, 2.75) is 0 Å². The van der Waals surface area contributed by atoms with Crippen LogP contribution in [-0.2, 0) is 4.79 Å². The molecule has 0 unspecified atom stereocenters. The number of H-pyrrole nitrogens is 2. The van der Waals surface area contributed by atoms with Crippen LogP contribution in [0.1, 0.15) is 5.56 Å². The summed E-state index contributed by atoms with van der Waals surface area (Å²) in [6.07, 6.45) is 0. The fraction of sp³-hybridized carbons (Fsp3) is 0.0370. The second kappa shape index (κ2) is 10.5.